The molecule has 0 fully saturated rings. The second kappa shape index (κ2) is 8.64. The summed E-state index contributed by atoms with van der Waals surface area (Å²) in [6, 6.07) is 10.1. The topological polar surface area (TPSA) is 50.4 Å². The van der Waals surface area contributed by atoms with Crippen LogP contribution < -0.4 is 10.6 Å². The van der Waals surface area contributed by atoms with E-state index in [2.05, 4.69) is 17.6 Å². The zero-order valence-electron chi connectivity index (χ0n) is 15.1. The Hall–Kier alpha value is -1.92. The van der Waals surface area contributed by atoms with E-state index in [0.717, 1.165) is 35.4 Å². The van der Waals surface area contributed by atoms with Crippen LogP contribution in [-0.4, -0.2) is 17.7 Å². The zero-order chi connectivity index (χ0) is 18.5. The molecule has 1 aliphatic carbocycles. The lowest BCUT2D eigenvalue weighted by atomic mass is 9.88. The molecule has 0 spiro atoms. The van der Waals surface area contributed by atoms with Gasteiger partial charge in [-0.15, -0.1) is 11.3 Å². The molecule has 1 heterocycles. The van der Waals surface area contributed by atoms with Crippen LogP contribution in [-0.2, 0) is 24.1 Å². The van der Waals surface area contributed by atoms with Crippen LogP contribution in [0.1, 0.15) is 46.6 Å². The summed E-state index contributed by atoms with van der Waals surface area (Å²) in [6.07, 6.45) is 3.09. The van der Waals surface area contributed by atoms with Gasteiger partial charge in [0.15, 0.2) is 5.11 Å². The molecule has 2 aromatic rings. The number of esters is 1. The Morgan fingerprint density at radius 2 is 2.12 bits per heavy atom. The van der Waals surface area contributed by atoms with Gasteiger partial charge < -0.3 is 15.4 Å². The average molecular weight is 389 g/mol. The highest BCUT2D eigenvalue weighted by Crippen LogP contribution is 2.40. The smallest absolute Gasteiger partial charge is 0.341 e. The number of thiophene rings is 1. The van der Waals surface area contributed by atoms with E-state index in [1.165, 1.54) is 4.88 Å². The Labute approximate surface area is 164 Å². The number of carbonyl (C=O) groups excluding carboxylic acids is 1. The van der Waals surface area contributed by atoms with Crippen LogP contribution in [0.5, 0.6) is 0 Å². The van der Waals surface area contributed by atoms with Crippen LogP contribution in [0, 0.1) is 5.92 Å². The minimum absolute atomic E-state index is 0.257. The predicted octanol–water partition coefficient (Wildman–Crippen LogP) is 4.54. The molecule has 6 heteroatoms. The highest BCUT2D eigenvalue weighted by molar-refractivity contribution is 7.80. The van der Waals surface area contributed by atoms with Gasteiger partial charge >= 0.3 is 5.97 Å². The second-order valence-corrected chi connectivity index (χ2v) is 8.08. The summed E-state index contributed by atoms with van der Waals surface area (Å²) in [7, 11) is 0. The van der Waals surface area contributed by atoms with Crippen LogP contribution in [0.25, 0.3) is 0 Å². The number of benzene rings is 1. The van der Waals surface area contributed by atoms with Crippen LogP contribution in [0.3, 0.4) is 0 Å². The third-order valence-electron chi connectivity index (χ3n) is 4.51. The maximum Gasteiger partial charge on any atom is 0.341 e. The van der Waals surface area contributed by atoms with E-state index in [1.807, 2.05) is 37.3 Å². The highest BCUT2D eigenvalue weighted by atomic mass is 32.1. The third kappa shape index (κ3) is 4.43. The fourth-order valence-electron chi connectivity index (χ4n) is 3.19. The maximum atomic E-state index is 12.5. The maximum absolute atomic E-state index is 12.5. The van der Waals surface area contributed by atoms with Gasteiger partial charge in [-0.3, -0.25) is 0 Å². The molecule has 1 aliphatic rings. The van der Waals surface area contributed by atoms with Crippen molar-refractivity contribution in [3.05, 3.63) is 51.9 Å². The van der Waals surface area contributed by atoms with E-state index in [-0.39, 0.29) is 5.97 Å². The first-order valence-corrected chi connectivity index (χ1v) is 10.2. The molecular formula is C20H24N2O2S2. The normalized spacial score (nSPS) is 15.8. The lowest BCUT2D eigenvalue weighted by molar-refractivity contribution is 0.0526. The molecule has 0 unspecified atom stereocenters. The number of nitrogens with one attached hydrogen (secondary N) is 2. The predicted molar refractivity (Wildman–Crippen MR) is 111 cm³/mol. The van der Waals surface area contributed by atoms with Crippen molar-refractivity contribution in [2.45, 2.75) is 39.7 Å². The van der Waals surface area contributed by atoms with Crippen molar-refractivity contribution >= 4 is 39.6 Å². The van der Waals surface area contributed by atoms with Crippen molar-refractivity contribution in [2.24, 2.45) is 5.92 Å². The summed E-state index contributed by atoms with van der Waals surface area (Å²) >= 11 is 7.07. The van der Waals surface area contributed by atoms with E-state index in [0.29, 0.717) is 29.7 Å². The monoisotopic (exact) mass is 388 g/mol. The van der Waals surface area contributed by atoms with Gasteiger partial charge in [0.05, 0.1) is 12.2 Å². The van der Waals surface area contributed by atoms with Gasteiger partial charge in [0, 0.05) is 11.4 Å². The molecular weight excluding hydrogens is 364 g/mol. The number of aryl methyl sites for hydroxylation is 1. The Morgan fingerprint density at radius 1 is 1.35 bits per heavy atom. The first-order chi connectivity index (χ1) is 12.6. The van der Waals surface area contributed by atoms with Crippen molar-refractivity contribution in [3.63, 3.8) is 0 Å². The number of rotatable bonds is 5. The van der Waals surface area contributed by atoms with Gasteiger partial charge in [-0.05, 0) is 55.4 Å². The zero-order valence-corrected chi connectivity index (χ0v) is 16.8. The number of carbonyl (C=O) groups is 1. The number of hydrogen-bond acceptors (Lipinski definition) is 4. The van der Waals surface area contributed by atoms with Crippen LogP contribution in [0.2, 0.25) is 0 Å². The Bertz CT molecular complexity index is 787. The molecule has 4 nitrogen and oxygen atoms in total. The first kappa shape index (κ1) is 18.9. The highest BCUT2D eigenvalue weighted by Gasteiger charge is 2.28. The van der Waals surface area contributed by atoms with Crippen molar-refractivity contribution in [1.29, 1.82) is 0 Å². The number of hydrogen-bond donors (Lipinski definition) is 2. The second-order valence-electron chi connectivity index (χ2n) is 6.57. The van der Waals surface area contributed by atoms with E-state index < -0.39 is 0 Å². The number of ether oxygens (including phenoxy) is 1. The summed E-state index contributed by atoms with van der Waals surface area (Å²) in [4.78, 5) is 13.8. The fraction of sp³-hybridized carbons (Fsp3) is 0.400. The van der Waals surface area contributed by atoms with Gasteiger partial charge in [0.1, 0.15) is 5.00 Å². The summed E-state index contributed by atoms with van der Waals surface area (Å²) in [6.45, 7) is 5.08. The first-order valence-electron chi connectivity index (χ1n) is 8.99. The fourth-order valence-corrected chi connectivity index (χ4v) is 4.67. The van der Waals surface area contributed by atoms with Crippen molar-refractivity contribution < 1.29 is 9.53 Å². The van der Waals surface area contributed by atoms with Gasteiger partial charge in [0.2, 0.25) is 0 Å². The summed E-state index contributed by atoms with van der Waals surface area (Å²) < 4.78 is 5.30. The minimum Gasteiger partial charge on any atom is -0.462 e. The summed E-state index contributed by atoms with van der Waals surface area (Å²) in [5.74, 6) is 0.328. The molecule has 0 radical (unpaired) electrons. The van der Waals surface area contributed by atoms with Gasteiger partial charge in [-0.1, -0.05) is 37.3 Å². The Balaban J connectivity index is 1.76. The molecule has 0 bridgehead atoms. The number of thiocarbonyl (C=S) groups is 1. The molecule has 2 N–H and O–H groups in total. The molecule has 1 aromatic heterocycles. The van der Waals surface area contributed by atoms with E-state index in [9.17, 15) is 4.79 Å². The number of fused-ring (bicyclic) bond motifs is 1. The molecule has 1 atom stereocenters. The van der Waals surface area contributed by atoms with Crippen LogP contribution >= 0.6 is 23.6 Å². The largest absolute Gasteiger partial charge is 0.462 e. The Morgan fingerprint density at radius 3 is 2.85 bits per heavy atom. The van der Waals surface area contributed by atoms with E-state index >= 15 is 0 Å². The molecule has 0 amide bonds. The third-order valence-corrected chi connectivity index (χ3v) is 5.96. The van der Waals surface area contributed by atoms with Crippen molar-refractivity contribution in [1.82, 2.24) is 5.32 Å². The van der Waals surface area contributed by atoms with Gasteiger partial charge in [0.25, 0.3) is 0 Å². The lowest BCUT2D eigenvalue weighted by Crippen LogP contribution is -2.28. The van der Waals surface area contributed by atoms with Crippen LogP contribution in [0.15, 0.2) is 30.3 Å². The SMILES string of the molecule is CCOC(=O)c1c(NC(=S)NCc2ccccc2)sc2c1C[C@@H](C)CC2. The summed E-state index contributed by atoms with van der Waals surface area (Å²) in [5, 5.41) is 7.76. The lowest BCUT2D eigenvalue weighted by Gasteiger charge is -2.18. The van der Waals surface area contributed by atoms with E-state index in [1.54, 1.807) is 11.3 Å². The van der Waals surface area contributed by atoms with Gasteiger partial charge in [-0.25, -0.2) is 4.79 Å². The molecule has 1 aromatic carbocycles. The quantitative estimate of drug-likeness (QED) is 0.582. The van der Waals surface area contributed by atoms with Crippen LogP contribution in [0.4, 0.5) is 5.00 Å². The average Bonchev–Trinajstić information content (AvgIpc) is 2.98. The number of anilines is 1. The molecule has 3 rings (SSSR count). The summed E-state index contributed by atoms with van der Waals surface area (Å²) in [5.41, 5.74) is 2.96. The van der Waals surface area contributed by atoms with Crippen molar-refractivity contribution in [3.8, 4) is 0 Å². The molecule has 0 saturated heterocycles. The van der Waals surface area contributed by atoms with E-state index in [4.69, 9.17) is 17.0 Å². The van der Waals surface area contributed by atoms with Crippen molar-refractivity contribution in [2.75, 3.05) is 11.9 Å². The molecule has 26 heavy (non-hydrogen) atoms. The molecule has 0 saturated carbocycles. The minimum atomic E-state index is -0.257. The van der Waals surface area contributed by atoms with Gasteiger partial charge in [-0.2, -0.15) is 0 Å². The molecule has 0 aliphatic heterocycles. The Kier molecular flexibility index (Phi) is 6.27. The molecule has 138 valence electrons. The standard InChI is InChI=1S/C20H24N2O2S2/c1-3-24-19(23)17-15-11-13(2)9-10-16(15)26-18(17)22-20(25)21-12-14-7-5-4-6-8-14/h4-8,13H,3,9-12H2,1-2H3,(H2,21,22,25)/t13-/m0/s1.